The van der Waals surface area contributed by atoms with Crippen LogP contribution in [0.3, 0.4) is 0 Å². The van der Waals surface area contributed by atoms with Gasteiger partial charge in [0.05, 0.1) is 10.0 Å². The molecule has 0 aromatic carbocycles. The van der Waals surface area contributed by atoms with Gasteiger partial charge in [-0.25, -0.2) is 13.4 Å². The first kappa shape index (κ1) is 12.6. The van der Waals surface area contributed by atoms with Gasteiger partial charge in [-0.15, -0.1) is 11.3 Å². The molecule has 0 aliphatic heterocycles. The maximum absolute atomic E-state index is 11.8. The monoisotopic (exact) mass is 308 g/mol. The predicted octanol–water partition coefficient (Wildman–Crippen LogP) is 3.25. The number of halogens is 2. The zero-order chi connectivity index (χ0) is 12.5. The van der Waals surface area contributed by atoms with Crippen LogP contribution in [-0.4, -0.2) is 13.4 Å². The third-order valence-corrected chi connectivity index (χ3v) is 5.27. The van der Waals surface area contributed by atoms with Crippen molar-refractivity contribution in [2.24, 2.45) is 0 Å². The van der Waals surface area contributed by atoms with Crippen molar-refractivity contribution in [1.29, 1.82) is 0 Å². The summed E-state index contributed by atoms with van der Waals surface area (Å²) in [6, 6.07) is 4.51. The van der Waals surface area contributed by atoms with Crippen LogP contribution < -0.4 is 4.72 Å². The van der Waals surface area contributed by atoms with E-state index < -0.39 is 10.0 Å². The van der Waals surface area contributed by atoms with Crippen LogP contribution in [0, 0.1) is 0 Å². The Labute approximate surface area is 112 Å². The maximum Gasteiger partial charge on any atom is 0.272 e. The Balaban J connectivity index is 2.30. The molecular weight excluding hydrogens is 303 g/mol. The van der Waals surface area contributed by atoms with Crippen LogP contribution in [0.2, 0.25) is 10.0 Å². The summed E-state index contributed by atoms with van der Waals surface area (Å²) in [5.74, 6) is 0.132. The molecule has 2 heterocycles. The van der Waals surface area contributed by atoms with Crippen molar-refractivity contribution in [3.8, 4) is 0 Å². The average Bonchev–Trinajstić information content (AvgIpc) is 2.77. The van der Waals surface area contributed by atoms with Crippen molar-refractivity contribution < 1.29 is 8.42 Å². The molecule has 2 aromatic heterocycles. The van der Waals surface area contributed by atoms with Gasteiger partial charge in [0.1, 0.15) is 10.0 Å². The van der Waals surface area contributed by atoms with E-state index in [0.717, 1.165) is 11.3 Å². The summed E-state index contributed by atoms with van der Waals surface area (Å²) in [4.78, 5) is 3.83. The predicted molar refractivity (Wildman–Crippen MR) is 69.4 cm³/mol. The number of sulfonamides is 1. The van der Waals surface area contributed by atoms with Crippen LogP contribution in [0.25, 0.3) is 0 Å². The van der Waals surface area contributed by atoms with Gasteiger partial charge >= 0.3 is 0 Å². The average molecular weight is 309 g/mol. The number of thiophene rings is 1. The standard InChI is InChI=1S/C9H6Cl2N2O2S2/c10-6-4-8(12-5-7(6)11)13-17(14,15)9-2-1-3-16-9/h1-5H,(H,12,13). The fourth-order valence-electron chi connectivity index (χ4n) is 1.07. The highest BCUT2D eigenvalue weighted by atomic mass is 35.5. The summed E-state index contributed by atoms with van der Waals surface area (Å²) < 4.78 is 26.2. The molecular formula is C9H6Cl2N2O2S2. The van der Waals surface area contributed by atoms with Crippen molar-refractivity contribution >= 4 is 50.4 Å². The minimum Gasteiger partial charge on any atom is -0.263 e. The third kappa shape index (κ3) is 2.90. The Morgan fingerprint density at radius 3 is 2.65 bits per heavy atom. The van der Waals surface area contributed by atoms with E-state index in [1.54, 1.807) is 11.4 Å². The van der Waals surface area contributed by atoms with E-state index in [2.05, 4.69) is 9.71 Å². The second-order valence-corrected chi connectivity index (χ2v) is 6.69. The van der Waals surface area contributed by atoms with Gasteiger partial charge in [-0.3, -0.25) is 4.72 Å². The van der Waals surface area contributed by atoms with Gasteiger partial charge in [0.15, 0.2) is 0 Å². The summed E-state index contributed by atoms with van der Waals surface area (Å²) in [6.45, 7) is 0. The zero-order valence-electron chi connectivity index (χ0n) is 8.22. The Hall–Kier alpha value is -0.820. The molecule has 0 radical (unpaired) electrons. The molecule has 0 bridgehead atoms. The van der Waals surface area contributed by atoms with Gasteiger partial charge < -0.3 is 0 Å². The summed E-state index contributed by atoms with van der Waals surface area (Å²) in [6.07, 6.45) is 1.29. The van der Waals surface area contributed by atoms with Gasteiger partial charge in [0, 0.05) is 12.3 Å². The van der Waals surface area contributed by atoms with E-state index in [0.29, 0.717) is 0 Å². The van der Waals surface area contributed by atoms with E-state index in [9.17, 15) is 8.42 Å². The number of rotatable bonds is 3. The van der Waals surface area contributed by atoms with Crippen molar-refractivity contribution in [3.63, 3.8) is 0 Å². The van der Waals surface area contributed by atoms with Gasteiger partial charge in [0.25, 0.3) is 10.0 Å². The molecule has 1 N–H and O–H groups in total. The molecule has 0 aliphatic rings. The topological polar surface area (TPSA) is 59.1 Å². The smallest absolute Gasteiger partial charge is 0.263 e. The fourth-order valence-corrected chi connectivity index (χ4v) is 3.32. The number of hydrogen-bond donors (Lipinski definition) is 1. The van der Waals surface area contributed by atoms with Crippen LogP contribution >= 0.6 is 34.5 Å². The van der Waals surface area contributed by atoms with Crippen molar-refractivity contribution in [2.45, 2.75) is 4.21 Å². The molecule has 17 heavy (non-hydrogen) atoms. The van der Waals surface area contributed by atoms with Gasteiger partial charge in [0.2, 0.25) is 0 Å². The van der Waals surface area contributed by atoms with Gasteiger partial charge in [-0.1, -0.05) is 29.3 Å². The minimum atomic E-state index is -3.60. The number of aromatic nitrogens is 1. The number of nitrogens with zero attached hydrogens (tertiary/aromatic N) is 1. The molecule has 0 saturated heterocycles. The largest absolute Gasteiger partial charge is 0.272 e. The van der Waals surface area contributed by atoms with E-state index in [-0.39, 0.29) is 20.1 Å². The van der Waals surface area contributed by atoms with E-state index in [1.165, 1.54) is 18.3 Å². The first-order valence-electron chi connectivity index (χ1n) is 4.36. The lowest BCUT2D eigenvalue weighted by Gasteiger charge is -2.05. The fraction of sp³-hybridized carbons (Fsp3) is 0. The van der Waals surface area contributed by atoms with Crippen LogP contribution in [0.5, 0.6) is 0 Å². The Kier molecular flexibility index (Phi) is 3.58. The highest BCUT2D eigenvalue weighted by Gasteiger charge is 2.16. The van der Waals surface area contributed by atoms with Crippen LogP contribution in [0.1, 0.15) is 0 Å². The quantitative estimate of drug-likeness (QED) is 0.947. The SMILES string of the molecule is O=S(=O)(Nc1cc(Cl)c(Cl)cn1)c1cccs1. The van der Waals surface area contributed by atoms with Crippen LogP contribution in [0.4, 0.5) is 5.82 Å². The molecule has 8 heteroatoms. The molecule has 2 aromatic rings. The number of anilines is 1. The highest BCUT2D eigenvalue weighted by molar-refractivity contribution is 7.94. The Morgan fingerprint density at radius 2 is 2.06 bits per heavy atom. The van der Waals surface area contributed by atoms with Crippen molar-refractivity contribution in [2.75, 3.05) is 4.72 Å². The van der Waals surface area contributed by atoms with Crippen molar-refractivity contribution in [3.05, 3.63) is 39.8 Å². The Bertz CT molecular complexity index is 626. The molecule has 90 valence electrons. The number of hydrogen-bond acceptors (Lipinski definition) is 4. The third-order valence-electron chi connectivity index (χ3n) is 1.81. The molecule has 4 nitrogen and oxygen atoms in total. The van der Waals surface area contributed by atoms with Crippen molar-refractivity contribution in [1.82, 2.24) is 4.98 Å². The van der Waals surface area contributed by atoms with E-state index in [1.807, 2.05) is 0 Å². The Morgan fingerprint density at radius 1 is 1.29 bits per heavy atom. The lowest BCUT2D eigenvalue weighted by Crippen LogP contribution is -2.12. The molecule has 0 amide bonds. The summed E-state index contributed by atoms with van der Waals surface area (Å²) in [5, 5.41) is 2.19. The van der Waals surface area contributed by atoms with E-state index >= 15 is 0 Å². The molecule has 0 unspecified atom stereocenters. The summed E-state index contributed by atoms with van der Waals surface area (Å²) in [5.41, 5.74) is 0. The minimum absolute atomic E-state index is 0.132. The second-order valence-electron chi connectivity index (χ2n) is 3.02. The molecule has 0 spiro atoms. The molecule has 0 aliphatic carbocycles. The molecule has 0 fully saturated rings. The normalized spacial score (nSPS) is 11.4. The molecule has 2 rings (SSSR count). The molecule has 0 atom stereocenters. The zero-order valence-corrected chi connectivity index (χ0v) is 11.4. The molecule has 0 saturated carbocycles. The van der Waals surface area contributed by atoms with Crippen LogP contribution in [-0.2, 0) is 10.0 Å². The number of nitrogens with one attached hydrogen (secondary N) is 1. The lowest BCUT2D eigenvalue weighted by atomic mass is 10.5. The lowest BCUT2D eigenvalue weighted by molar-refractivity contribution is 0.603. The van der Waals surface area contributed by atoms with Gasteiger partial charge in [-0.2, -0.15) is 0 Å². The number of pyridine rings is 1. The van der Waals surface area contributed by atoms with Crippen LogP contribution in [0.15, 0.2) is 34.0 Å². The summed E-state index contributed by atoms with van der Waals surface area (Å²) >= 11 is 12.6. The second kappa shape index (κ2) is 4.81. The first-order valence-corrected chi connectivity index (χ1v) is 7.48. The first-order chi connectivity index (χ1) is 7.99. The van der Waals surface area contributed by atoms with E-state index in [4.69, 9.17) is 23.2 Å². The highest BCUT2D eigenvalue weighted by Crippen LogP contribution is 2.25. The maximum atomic E-state index is 11.8. The summed E-state index contributed by atoms with van der Waals surface area (Å²) in [7, 11) is -3.60. The van der Waals surface area contributed by atoms with Gasteiger partial charge in [-0.05, 0) is 11.4 Å².